The van der Waals surface area contributed by atoms with E-state index in [4.69, 9.17) is 5.73 Å². The van der Waals surface area contributed by atoms with Crippen LogP contribution in [0.1, 0.15) is 20.8 Å². The van der Waals surface area contributed by atoms with E-state index >= 15 is 0 Å². The zero-order valence-electron chi connectivity index (χ0n) is 8.10. The number of hydrogen-bond acceptors (Lipinski definition) is 2. The van der Waals surface area contributed by atoms with Crippen molar-refractivity contribution in [2.24, 2.45) is 0 Å². The highest BCUT2D eigenvalue weighted by Crippen LogP contribution is 2.36. The molecule has 1 nitrogen and oxygen atoms in total. The monoisotopic (exact) mass is 199 g/mol. The summed E-state index contributed by atoms with van der Waals surface area (Å²) in [5.74, 6) is -0.339. The Morgan fingerprint density at radius 3 is 2.46 bits per heavy atom. The van der Waals surface area contributed by atoms with E-state index in [0.717, 1.165) is 4.90 Å². The van der Waals surface area contributed by atoms with E-state index in [9.17, 15) is 4.39 Å². The molecule has 0 aliphatic carbocycles. The first-order valence-corrected chi connectivity index (χ1v) is 4.95. The second kappa shape index (κ2) is 3.58. The quantitative estimate of drug-likeness (QED) is 0.554. The van der Waals surface area contributed by atoms with E-state index in [2.05, 4.69) is 20.8 Å². The van der Waals surface area contributed by atoms with Gasteiger partial charge in [-0.2, -0.15) is 0 Å². The van der Waals surface area contributed by atoms with Crippen LogP contribution in [0.4, 0.5) is 10.1 Å². The van der Waals surface area contributed by atoms with Gasteiger partial charge >= 0.3 is 0 Å². The third kappa shape index (κ3) is 2.92. The Morgan fingerprint density at radius 1 is 1.31 bits per heavy atom. The molecule has 0 saturated carbocycles. The minimum atomic E-state index is -0.339. The summed E-state index contributed by atoms with van der Waals surface area (Å²) < 4.78 is 13.1. The molecule has 0 aliphatic rings. The zero-order chi connectivity index (χ0) is 10.1. The van der Waals surface area contributed by atoms with Crippen molar-refractivity contribution >= 4 is 17.4 Å². The number of para-hydroxylation sites is 1. The van der Waals surface area contributed by atoms with Gasteiger partial charge in [-0.3, -0.25) is 0 Å². The second-order valence-electron chi connectivity index (χ2n) is 3.87. The summed E-state index contributed by atoms with van der Waals surface area (Å²) in [4.78, 5) is 0.813. The van der Waals surface area contributed by atoms with Gasteiger partial charge in [0.15, 0.2) is 0 Å². The Kier molecular flexibility index (Phi) is 2.86. The Hall–Kier alpha value is -0.700. The number of hydrogen-bond donors (Lipinski definition) is 1. The first kappa shape index (κ1) is 10.4. The van der Waals surface area contributed by atoms with Gasteiger partial charge in [0.1, 0.15) is 5.82 Å². The zero-order valence-corrected chi connectivity index (χ0v) is 8.91. The van der Waals surface area contributed by atoms with Gasteiger partial charge in [-0.05, 0) is 12.1 Å². The number of halogens is 1. The lowest BCUT2D eigenvalue weighted by molar-refractivity contribution is 0.629. The molecule has 0 spiro atoms. The lowest BCUT2D eigenvalue weighted by Crippen LogP contribution is -2.08. The standard InChI is InChI=1S/C10H14FNS/c1-10(2,3)13-8-6-4-5-7(11)9(8)12/h4-6H,12H2,1-3H3. The van der Waals surface area contributed by atoms with Crippen molar-refractivity contribution in [2.45, 2.75) is 30.4 Å². The highest BCUT2D eigenvalue weighted by atomic mass is 32.2. The van der Waals surface area contributed by atoms with Crippen molar-refractivity contribution in [3.8, 4) is 0 Å². The summed E-state index contributed by atoms with van der Waals surface area (Å²) in [6.45, 7) is 6.21. The van der Waals surface area contributed by atoms with E-state index in [1.165, 1.54) is 6.07 Å². The molecule has 1 aromatic rings. The Labute approximate surface area is 82.5 Å². The molecule has 1 aromatic carbocycles. The van der Waals surface area contributed by atoms with Crippen LogP contribution in [0.5, 0.6) is 0 Å². The van der Waals surface area contributed by atoms with Crippen LogP contribution < -0.4 is 5.73 Å². The maximum atomic E-state index is 13.0. The summed E-state index contributed by atoms with van der Waals surface area (Å²) in [6.07, 6.45) is 0. The average Bonchev–Trinajstić information content (AvgIpc) is 1.96. The third-order valence-corrected chi connectivity index (χ3v) is 2.62. The SMILES string of the molecule is CC(C)(C)Sc1cccc(F)c1N. The van der Waals surface area contributed by atoms with Crippen LogP contribution in [0.25, 0.3) is 0 Å². The van der Waals surface area contributed by atoms with Gasteiger partial charge in [-0.15, -0.1) is 11.8 Å². The number of anilines is 1. The van der Waals surface area contributed by atoms with Crippen LogP contribution in [-0.4, -0.2) is 4.75 Å². The largest absolute Gasteiger partial charge is 0.395 e. The molecule has 1 rings (SSSR count). The lowest BCUT2D eigenvalue weighted by Gasteiger charge is -2.18. The van der Waals surface area contributed by atoms with Crippen molar-refractivity contribution in [1.29, 1.82) is 0 Å². The van der Waals surface area contributed by atoms with Crippen molar-refractivity contribution in [3.63, 3.8) is 0 Å². The maximum absolute atomic E-state index is 13.0. The van der Waals surface area contributed by atoms with Crippen molar-refractivity contribution in [3.05, 3.63) is 24.0 Å². The molecule has 0 amide bonds. The van der Waals surface area contributed by atoms with E-state index in [-0.39, 0.29) is 16.3 Å². The molecule has 0 aliphatic heterocycles. The molecule has 2 N–H and O–H groups in total. The molecular formula is C10H14FNS. The summed E-state index contributed by atoms with van der Waals surface area (Å²) in [6, 6.07) is 4.90. The lowest BCUT2D eigenvalue weighted by atomic mass is 10.3. The van der Waals surface area contributed by atoms with Crippen molar-refractivity contribution < 1.29 is 4.39 Å². The predicted molar refractivity (Wildman–Crippen MR) is 56.4 cm³/mol. The van der Waals surface area contributed by atoms with Gasteiger partial charge in [0, 0.05) is 9.64 Å². The summed E-state index contributed by atoms with van der Waals surface area (Å²) in [5, 5.41) is 0. The van der Waals surface area contributed by atoms with E-state index in [0.29, 0.717) is 0 Å². The minimum Gasteiger partial charge on any atom is -0.395 e. The molecule has 3 heteroatoms. The van der Waals surface area contributed by atoms with Gasteiger partial charge in [0.05, 0.1) is 5.69 Å². The molecule has 0 unspecified atom stereocenters. The normalized spacial score (nSPS) is 11.7. The third-order valence-electron chi connectivity index (χ3n) is 1.43. The maximum Gasteiger partial charge on any atom is 0.147 e. The molecule has 13 heavy (non-hydrogen) atoms. The van der Waals surface area contributed by atoms with E-state index in [1.54, 1.807) is 17.8 Å². The van der Waals surface area contributed by atoms with Gasteiger partial charge in [-0.25, -0.2) is 4.39 Å². The average molecular weight is 199 g/mol. The van der Waals surface area contributed by atoms with Gasteiger partial charge in [-0.1, -0.05) is 26.8 Å². The van der Waals surface area contributed by atoms with Crippen molar-refractivity contribution in [2.75, 3.05) is 5.73 Å². The van der Waals surface area contributed by atoms with Gasteiger partial charge in [0.25, 0.3) is 0 Å². The van der Waals surface area contributed by atoms with Crippen LogP contribution >= 0.6 is 11.8 Å². The molecule has 0 aromatic heterocycles. The number of rotatable bonds is 1. The van der Waals surface area contributed by atoms with Crippen molar-refractivity contribution in [1.82, 2.24) is 0 Å². The molecule has 0 fully saturated rings. The number of benzene rings is 1. The number of nitrogen functional groups attached to an aromatic ring is 1. The van der Waals surface area contributed by atoms with E-state index in [1.807, 2.05) is 6.07 Å². The fraction of sp³-hybridized carbons (Fsp3) is 0.400. The molecule has 0 bridgehead atoms. The van der Waals surface area contributed by atoms with Crippen LogP contribution in [0.15, 0.2) is 23.1 Å². The summed E-state index contributed by atoms with van der Waals surface area (Å²) in [7, 11) is 0. The number of nitrogens with two attached hydrogens (primary N) is 1. The van der Waals surface area contributed by atoms with Crippen LogP contribution in [0, 0.1) is 5.82 Å². The Balaban J connectivity index is 2.96. The van der Waals surface area contributed by atoms with Gasteiger partial charge in [0.2, 0.25) is 0 Å². The highest BCUT2D eigenvalue weighted by Gasteiger charge is 2.15. The second-order valence-corrected chi connectivity index (χ2v) is 5.73. The molecule has 0 saturated heterocycles. The molecular weight excluding hydrogens is 185 g/mol. The first-order chi connectivity index (χ1) is 5.90. The van der Waals surface area contributed by atoms with E-state index < -0.39 is 0 Å². The topological polar surface area (TPSA) is 26.0 Å². The Bertz CT molecular complexity index is 304. The smallest absolute Gasteiger partial charge is 0.147 e. The Morgan fingerprint density at radius 2 is 1.92 bits per heavy atom. The van der Waals surface area contributed by atoms with Crippen LogP contribution in [-0.2, 0) is 0 Å². The van der Waals surface area contributed by atoms with Crippen LogP contribution in [0.3, 0.4) is 0 Å². The molecule has 72 valence electrons. The summed E-state index contributed by atoms with van der Waals surface area (Å²) in [5.41, 5.74) is 5.85. The summed E-state index contributed by atoms with van der Waals surface area (Å²) >= 11 is 1.58. The molecule has 0 atom stereocenters. The fourth-order valence-electron chi connectivity index (χ4n) is 0.936. The predicted octanol–water partition coefficient (Wildman–Crippen LogP) is 3.30. The fourth-order valence-corrected chi connectivity index (χ4v) is 1.95. The highest BCUT2D eigenvalue weighted by molar-refractivity contribution is 8.00. The molecule has 0 radical (unpaired) electrons. The molecule has 0 heterocycles. The number of thioether (sulfide) groups is 1. The van der Waals surface area contributed by atoms with Crippen LogP contribution in [0.2, 0.25) is 0 Å². The minimum absolute atomic E-state index is 0.0575. The van der Waals surface area contributed by atoms with Gasteiger partial charge < -0.3 is 5.73 Å². The first-order valence-electron chi connectivity index (χ1n) is 4.13.